The van der Waals surface area contributed by atoms with Crippen molar-refractivity contribution in [3.8, 4) is 5.88 Å². The molecule has 4 heteroatoms. The average Bonchev–Trinajstić information content (AvgIpc) is 2.41. The Labute approximate surface area is 83.2 Å². The molecule has 76 valence electrons. The van der Waals surface area contributed by atoms with Crippen molar-refractivity contribution in [2.45, 2.75) is 13.8 Å². The number of aromatic nitrogens is 2. The molecule has 0 aliphatic rings. The second kappa shape index (κ2) is 4.09. The molecular weight excluding hydrogens is 180 g/mol. The van der Waals surface area contributed by atoms with Gasteiger partial charge in [0.25, 0.3) is 0 Å². The predicted octanol–water partition coefficient (Wildman–Crippen LogP) is 1.34. The highest BCUT2D eigenvalue weighted by molar-refractivity contribution is 5.82. The minimum atomic E-state index is 0.652. The number of aryl methyl sites for hydroxylation is 2. The normalized spacial score (nSPS) is 11.6. The maximum absolute atomic E-state index is 10.5. The van der Waals surface area contributed by atoms with Crippen molar-refractivity contribution in [1.82, 2.24) is 9.78 Å². The summed E-state index contributed by atoms with van der Waals surface area (Å²) in [7, 11) is 3.39. The predicted molar refractivity (Wildman–Crippen MR) is 54.2 cm³/mol. The Morgan fingerprint density at radius 2 is 2.21 bits per heavy atom. The Kier molecular flexibility index (Phi) is 3.06. The zero-order valence-corrected chi connectivity index (χ0v) is 8.87. The van der Waals surface area contributed by atoms with Crippen molar-refractivity contribution in [2.75, 3.05) is 7.11 Å². The lowest BCUT2D eigenvalue weighted by Crippen LogP contribution is -1.95. The van der Waals surface area contributed by atoms with Gasteiger partial charge in [-0.3, -0.25) is 4.79 Å². The molecule has 0 amide bonds. The van der Waals surface area contributed by atoms with Gasteiger partial charge < -0.3 is 4.74 Å². The molecule has 0 fully saturated rings. The maximum atomic E-state index is 10.5. The molecule has 0 bridgehead atoms. The van der Waals surface area contributed by atoms with Gasteiger partial charge in [-0.05, 0) is 25.5 Å². The van der Waals surface area contributed by atoms with E-state index in [1.807, 2.05) is 6.92 Å². The van der Waals surface area contributed by atoms with Gasteiger partial charge in [-0.2, -0.15) is 5.10 Å². The number of ether oxygens (including phenoxy) is 1. The van der Waals surface area contributed by atoms with E-state index >= 15 is 0 Å². The van der Waals surface area contributed by atoms with E-state index in [0.717, 1.165) is 17.5 Å². The van der Waals surface area contributed by atoms with Gasteiger partial charge >= 0.3 is 0 Å². The minimum Gasteiger partial charge on any atom is -0.481 e. The van der Waals surface area contributed by atoms with Crippen molar-refractivity contribution in [3.05, 3.63) is 16.8 Å². The molecule has 0 radical (unpaired) electrons. The summed E-state index contributed by atoms with van der Waals surface area (Å²) in [5.41, 5.74) is 2.37. The molecular formula is C10H14N2O2. The standard InChI is InChI=1S/C10H14N2O2/c1-7(6-13)5-9-8(2)11-12(3)10(9)14-4/h5-6H,1-4H3/b7-5-. The number of hydrogen-bond acceptors (Lipinski definition) is 3. The lowest BCUT2D eigenvalue weighted by molar-refractivity contribution is -0.104. The zero-order chi connectivity index (χ0) is 10.7. The number of rotatable bonds is 3. The smallest absolute Gasteiger partial charge is 0.218 e. The molecule has 0 aliphatic carbocycles. The molecule has 0 aliphatic heterocycles. The average molecular weight is 194 g/mol. The van der Waals surface area contributed by atoms with Gasteiger partial charge in [0.15, 0.2) is 0 Å². The summed E-state index contributed by atoms with van der Waals surface area (Å²) in [5.74, 6) is 0.670. The Hall–Kier alpha value is -1.58. The molecule has 1 rings (SSSR count). The third-order valence-electron chi connectivity index (χ3n) is 1.97. The van der Waals surface area contributed by atoms with Crippen LogP contribution in [0.25, 0.3) is 6.08 Å². The van der Waals surface area contributed by atoms with Crippen molar-refractivity contribution in [1.29, 1.82) is 0 Å². The molecule has 1 heterocycles. The second-order valence-electron chi connectivity index (χ2n) is 3.14. The number of carbonyl (C=O) groups excluding carboxylic acids is 1. The molecule has 4 nitrogen and oxygen atoms in total. The largest absolute Gasteiger partial charge is 0.481 e. The first-order valence-electron chi connectivity index (χ1n) is 4.31. The fourth-order valence-electron chi connectivity index (χ4n) is 1.32. The first kappa shape index (κ1) is 10.5. The number of nitrogens with zero attached hydrogens (tertiary/aromatic N) is 2. The molecule has 0 saturated carbocycles. The van der Waals surface area contributed by atoms with Crippen LogP contribution in [-0.2, 0) is 11.8 Å². The van der Waals surface area contributed by atoms with Crippen LogP contribution < -0.4 is 4.74 Å². The lowest BCUT2D eigenvalue weighted by atomic mass is 10.2. The lowest BCUT2D eigenvalue weighted by Gasteiger charge is -2.00. The molecule has 1 aromatic heterocycles. The zero-order valence-electron chi connectivity index (χ0n) is 8.87. The third-order valence-corrected chi connectivity index (χ3v) is 1.97. The van der Waals surface area contributed by atoms with Crippen LogP contribution in [0.1, 0.15) is 18.2 Å². The Balaban J connectivity index is 3.25. The van der Waals surface area contributed by atoms with Crippen LogP contribution in [0.4, 0.5) is 0 Å². The molecule has 0 N–H and O–H groups in total. The molecule has 0 aromatic carbocycles. The quantitative estimate of drug-likeness (QED) is 0.538. The van der Waals surface area contributed by atoms with Crippen LogP contribution in [0, 0.1) is 6.92 Å². The topological polar surface area (TPSA) is 44.1 Å². The Morgan fingerprint density at radius 1 is 1.57 bits per heavy atom. The van der Waals surface area contributed by atoms with Gasteiger partial charge in [0.2, 0.25) is 5.88 Å². The van der Waals surface area contributed by atoms with Gasteiger partial charge in [-0.25, -0.2) is 4.68 Å². The first-order chi connectivity index (χ1) is 6.60. The highest BCUT2D eigenvalue weighted by atomic mass is 16.5. The summed E-state index contributed by atoms with van der Waals surface area (Å²) >= 11 is 0. The van der Waals surface area contributed by atoms with Gasteiger partial charge in [-0.15, -0.1) is 0 Å². The SMILES string of the molecule is COc1c(/C=C(/C)C=O)c(C)nn1C. The van der Waals surface area contributed by atoms with E-state index in [0.29, 0.717) is 11.5 Å². The minimum absolute atomic E-state index is 0.652. The number of aldehydes is 1. The summed E-state index contributed by atoms with van der Waals surface area (Å²) in [6.07, 6.45) is 2.58. The van der Waals surface area contributed by atoms with E-state index < -0.39 is 0 Å². The van der Waals surface area contributed by atoms with Crippen LogP contribution in [0.3, 0.4) is 0 Å². The van der Waals surface area contributed by atoms with Gasteiger partial charge in [0.1, 0.15) is 6.29 Å². The molecule has 0 unspecified atom stereocenters. The van der Waals surface area contributed by atoms with Crippen molar-refractivity contribution < 1.29 is 9.53 Å². The number of carbonyl (C=O) groups is 1. The summed E-state index contributed by atoms with van der Waals surface area (Å²) in [6.45, 7) is 3.63. The summed E-state index contributed by atoms with van der Waals surface area (Å²) in [6, 6.07) is 0. The van der Waals surface area contributed by atoms with Crippen LogP contribution >= 0.6 is 0 Å². The van der Waals surface area contributed by atoms with E-state index in [-0.39, 0.29) is 0 Å². The molecule has 1 aromatic rings. The first-order valence-corrected chi connectivity index (χ1v) is 4.31. The third kappa shape index (κ3) is 1.84. The fraction of sp³-hybridized carbons (Fsp3) is 0.400. The molecule has 0 atom stereocenters. The molecule has 0 saturated heterocycles. The second-order valence-corrected chi connectivity index (χ2v) is 3.14. The van der Waals surface area contributed by atoms with E-state index in [1.165, 1.54) is 0 Å². The number of methoxy groups -OCH3 is 1. The molecule has 14 heavy (non-hydrogen) atoms. The van der Waals surface area contributed by atoms with Crippen molar-refractivity contribution in [2.24, 2.45) is 7.05 Å². The molecule has 0 spiro atoms. The van der Waals surface area contributed by atoms with Gasteiger partial charge in [-0.1, -0.05) is 0 Å². The van der Waals surface area contributed by atoms with Crippen LogP contribution in [0.15, 0.2) is 5.57 Å². The monoisotopic (exact) mass is 194 g/mol. The van der Waals surface area contributed by atoms with Crippen LogP contribution in [0.2, 0.25) is 0 Å². The van der Waals surface area contributed by atoms with E-state index in [9.17, 15) is 4.79 Å². The summed E-state index contributed by atoms with van der Waals surface area (Å²) in [5, 5.41) is 4.20. The van der Waals surface area contributed by atoms with Crippen LogP contribution in [0.5, 0.6) is 5.88 Å². The van der Waals surface area contributed by atoms with E-state index in [4.69, 9.17) is 4.74 Å². The van der Waals surface area contributed by atoms with Crippen molar-refractivity contribution in [3.63, 3.8) is 0 Å². The van der Waals surface area contributed by atoms with E-state index in [1.54, 1.807) is 31.8 Å². The van der Waals surface area contributed by atoms with Crippen molar-refractivity contribution >= 4 is 12.4 Å². The van der Waals surface area contributed by atoms with Gasteiger partial charge in [0.05, 0.1) is 18.4 Å². The Bertz CT molecular complexity index is 378. The highest BCUT2D eigenvalue weighted by Crippen LogP contribution is 2.23. The summed E-state index contributed by atoms with van der Waals surface area (Å²) in [4.78, 5) is 10.5. The fourth-order valence-corrected chi connectivity index (χ4v) is 1.32. The maximum Gasteiger partial charge on any atom is 0.218 e. The summed E-state index contributed by atoms with van der Waals surface area (Å²) < 4.78 is 6.83. The van der Waals surface area contributed by atoms with Crippen LogP contribution in [-0.4, -0.2) is 23.2 Å². The van der Waals surface area contributed by atoms with Gasteiger partial charge in [0, 0.05) is 7.05 Å². The Morgan fingerprint density at radius 3 is 2.71 bits per heavy atom. The number of hydrogen-bond donors (Lipinski definition) is 0. The number of allylic oxidation sites excluding steroid dienone is 1. The van der Waals surface area contributed by atoms with E-state index in [2.05, 4.69) is 5.10 Å². The highest BCUT2D eigenvalue weighted by Gasteiger charge is 2.11.